The number of hydrogen-bond donors (Lipinski definition) is 1. The zero-order valence-electron chi connectivity index (χ0n) is 45.1. The Morgan fingerprint density at radius 3 is 0.463 bits per heavy atom. The predicted octanol–water partition coefficient (Wildman–Crippen LogP) is 5.68. The monoisotopic (exact) mass is 1260 g/mol. The van der Waals surface area contributed by atoms with Gasteiger partial charge < -0.3 is 90.4 Å². The summed E-state index contributed by atoms with van der Waals surface area (Å²) in [7, 11) is 0. The van der Waals surface area contributed by atoms with Crippen LogP contribution in [0.3, 0.4) is 0 Å². The molecule has 0 unspecified atom stereocenters. The Bertz CT molecular complexity index is 1470. The molecule has 0 radical (unpaired) electrons. The standard InChI is InChI=1S/C46H77F17O19/c47-39(48,40(49,50)41(51,52)42(53,54)43(55,56)44(57,58)45(59,60)46(61,62)63)1-3-65-5-7-67-9-11-69-13-15-71-17-19-73-21-23-75-25-27-77-29-31-79-33-35-81-37-38-82-36-34-80-32-30-78-28-26-76-24-22-74-20-18-72-16-14-70-12-10-68-8-6-66-4-2-64/h64H,1-38H2. The van der Waals surface area contributed by atoms with Crippen LogP contribution in [0.2, 0.25) is 0 Å². The molecule has 0 aliphatic heterocycles. The molecule has 0 saturated carbocycles. The van der Waals surface area contributed by atoms with Gasteiger partial charge in [-0.15, -0.1) is 0 Å². The van der Waals surface area contributed by atoms with Crippen LogP contribution in [0.25, 0.3) is 0 Å². The Balaban J connectivity index is 3.54. The van der Waals surface area contributed by atoms with E-state index in [-0.39, 0.29) is 52.9 Å². The van der Waals surface area contributed by atoms with E-state index in [1.807, 2.05) is 0 Å². The molecule has 0 atom stereocenters. The first kappa shape index (κ1) is 80.0. The van der Waals surface area contributed by atoms with Crippen LogP contribution >= 0.6 is 0 Å². The Labute approximate surface area is 463 Å². The van der Waals surface area contributed by atoms with E-state index in [4.69, 9.17) is 85.6 Å². The van der Waals surface area contributed by atoms with E-state index in [1.54, 1.807) is 0 Å². The van der Waals surface area contributed by atoms with Crippen molar-refractivity contribution >= 4 is 0 Å². The highest BCUT2D eigenvalue weighted by atomic mass is 19.4. The van der Waals surface area contributed by atoms with Gasteiger partial charge in [-0.25, -0.2) is 0 Å². The van der Waals surface area contributed by atoms with E-state index in [9.17, 15) is 74.6 Å². The molecule has 0 heterocycles. The molecule has 0 aliphatic rings. The molecule has 0 rings (SSSR count). The summed E-state index contributed by atoms with van der Waals surface area (Å²) in [5, 5.41) is 8.59. The summed E-state index contributed by atoms with van der Waals surface area (Å²) < 4.78 is 322. The van der Waals surface area contributed by atoms with Crippen LogP contribution in [0.4, 0.5) is 74.6 Å². The number of rotatable bonds is 62. The van der Waals surface area contributed by atoms with E-state index < -0.39 is 73.9 Å². The first-order valence-electron chi connectivity index (χ1n) is 25.5. The predicted molar refractivity (Wildman–Crippen MR) is 247 cm³/mol. The number of hydrogen-bond acceptors (Lipinski definition) is 19. The maximum Gasteiger partial charge on any atom is 0.460 e. The van der Waals surface area contributed by atoms with Crippen LogP contribution in [-0.2, 0) is 85.3 Å². The van der Waals surface area contributed by atoms with Gasteiger partial charge in [-0.1, -0.05) is 0 Å². The molecule has 1 N–H and O–H groups in total. The highest BCUT2D eigenvalue weighted by Gasteiger charge is 2.95. The highest BCUT2D eigenvalue weighted by molar-refractivity contribution is 5.15. The lowest BCUT2D eigenvalue weighted by atomic mass is 9.88. The fourth-order valence-electron chi connectivity index (χ4n) is 5.46. The van der Waals surface area contributed by atoms with Crippen molar-refractivity contribution in [2.45, 2.75) is 54.1 Å². The third-order valence-electron chi connectivity index (χ3n) is 9.91. The Hall–Kier alpha value is -1.95. The minimum atomic E-state index is -8.67. The van der Waals surface area contributed by atoms with Gasteiger partial charge >= 0.3 is 47.6 Å². The van der Waals surface area contributed by atoms with Crippen LogP contribution in [0.5, 0.6) is 0 Å². The molecular weight excluding hydrogens is 1180 g/mol. The molecule has 0 aromatic carbocycles. The summed E-state index contributed by atoms with van der Waals surface area (Å²) in [6, 6.07) is 0. The van der Waals surface area contributed by atoms with Crippen molar-refractivity contribution in [3.63, 3.8) is 0 Å². The van der Waals surface area contributed by atoms with Crippen molar-refractivity contribution in [2.75, 3.05) is 244 Å². The minimum Gasteiger partial charge on any atom is -0.394 e. The molecular formula is C46H77F17O19. The second kappa shape index (κ2) is 46.2. The van der Waals surface area contributed by atoms with E-state index >= 15 is 0 Å². The number of aliphatic hydroxyl groups is 1. The maximum atomic E-state index is 13.9. The lowest BCUT2D eigenvalue weighted by Gasteiger charge is -2.42. The van der Waals surface area contributed by atoms with Crippen LogP contribution in [0.1, 0.15) is 6.42 Å². The molecule has 19 nitrogen and oxygen atoms in total. The van der Waals surface area contributed by atoms with Crippen LogP contribution in [-0.4, -0.2) is 297 Å². The van der Waals surface area contributed by atoms with E-state index in [0.29, 0.717) is 172 Å². The summed E-state index contributed by atoms with van der Waals surface area (Å²) in [4.78, 5) is 0. The number of aliphatic hydroxyl groups excluding tert-OH is 1. The van der Waals surface area contributed by atoms with Crippen molar-refractivity contribution in [3.8, 4) is 0 Å². The highest BCUT2D eigenvalue weighted by Crippen LogP contribution is 2.64. The van der Waals surface area contributed by atoms with Gasteiger partial charge in [-0.05, 0) is 0 Å². The van der Waals surface area contributed by atoms with Crippen LogP contribution < -0.4 is 0 Å². The van der Waals surface area contributed by atoms with Crippen molar-refractivity contribution in [2.24, 2.45) is 0 Å². The number of halogens is 17. The normalized spacial score (nSPS) is 13.5. The quantitative estimate of drug-likeness (QED) is 0.0579. The summed E-state index contributed by atoms with van der Waals surface area (Å²) >= 11 is 0. The summed E-state index contributed by atoms with van der Waals surface area (Å²) in [6.45, 7) is 8.28. The molecule has 0 fully saturated rings. The number of ether oxygens (including phenoxy) is 18. The van der Waals surface area contributed by atoms with Gasteiger partial charge in [-0.2, -0.15) is 74.6 Å². The van der Waals surface area contributed by atoms with Crippen molar-refractivity contribution < 1.29 is 165 Å². The first-order valence-corrected chi connectivity index (χ1v) is 25.5. The van der Waals surface area contributed by atoms with Gasteiger partial charge in [0.15, 0.2) is 0 Å². The van der Waals surface area contributed by atoms with Crippen molar-refractivity contribution in [1.82, 2.24) is 0 Å². The molecule has 0 aromatic heterocycles. The molecule has 0 spiro atoms. The van der Waals surface area contributed by atoms with Gasteiger partial charge in [0.05, 0.1) is 244 Å². The fourth-order valence-corrected chi connectivity index (χ4v) is 5.46. The Kier molecular flexibility index (Phi) is 45.1. The second-order valence-corrected chi connectivity index (χ2v) is 16.1. The Morgan fingerprint density at radius 1 is 0.171 bits per heavy atom. The molecule has 0 aliphatic carbocycles. The molecule has 82 heavy (non-hydrogen) atoms. The molecule has 494 valence electrons. The van der Waals surface area contributed by atoms with Gasteiger partial charge in [0.25, 0.3) is 0 Å². The second-order valence-electron chi connectivity index (χ2n) is 16.1. The van der Waals surface area contributed by atoms with E-state index in [0.717, 1.165) is 0 Å². The van der Waals surface area contributed by atoms with Crippen molar-refractivity contribution in [3.05, 3.63) is 0 Å². The molecule has 0 amide bonds. The lowest BCUT2D eigenvalue weighted by molar-refractivity contribution is -0.462. The Morgan fingerprint density at radius 2 is 0.305 bits per heavy atom. The molecule has 36 heteroatoms. The lowest BCUT2D eigenvalue weighted by Crippen LogP contribution is -2.74. The van der Waals surface area contributed by atoms with Crippen molar-refractivity contribution in [1.29, 1.82) is 0 Å². The maximum absolute atomic E-state index is 13.9. The smallest absolute Gasteiger partial charge is 0.394 e. The van der Waals surface area contributed by atoms with E-state index in [2.05, 4.69) is 4.74 Å². The zero-order chi connectivity index (χ0) is 61.6. The first-order chi connectivity index (χ1) is 38.8. The van der Waals surface area contributed by atoms with Crippen LogP contribution in [0, 0.1) is 0 Å². The topological polar surface area (TPSA) is 186 Å². The fraction of sp³-hybridized carbons (Fsp3) is 1.00. The third kappa shape index (κ3) is 32.7. The summed E-state index contributed by atoms with van der Waals surface area (Å²) in [5.41, 5.74) is 0. The number of alkyl halides is 17. The van der Waals surface area contributed by atoms with Crippen LogP contribution in [0.15, 0.2) is 0 Å². The van der Waals surface area contributed by atoms with E-state index in [1.165, 1.54) is 0 Å². The minimum absolute atomic E-state index is 0.00713. The zero-order valence-corrected chi connectivity index (χ0v) is 45.1. The largest absolute Gasteiger partial charge is 0.460 e. The SMILES string of the molecule is OCCOCCOCCOCCOCCOCCOCCOCCOCCOCCOCCOCCOCCOCCOCCOCCOCCOCCOCCC(F)(F)C(F)(F)C(F)(F)C(F)(F)C(F)(F)C(F)(F)C(F)(F)C(F)(F)F. The summed E-state index contributed by atoms with van der Waals surface area (Å²) in [6.07, 6.45) is -10.5. The molecule has 0 bridgehead atoms. The average Bonchev–Trinajstić information content (AvgIpc) is 3.50. The molecule has 0 saturated heterocycles. The van der Waals surface area contributed by atoms with Gasteiger partial charge in [0.1, 0.15) is 0 Å². The van der Waals surface area contributed by atoms with Gasteiger partial charge in [0, 0.05) is 6.42 Å². The molecule has 0 aromatic rings. The third-order valence-corrected chi connectivity index (χ3v) is 9.91. The summed E-state index contributed by atoms with van der Waals surface area (Å²) in [5.74, 6) is -56.6. The van der Waals surface area contributed by atoms with Gasteiger partial charge in [-0.3, -0.25) is 0 Å². The average molecular weight is 1260 g/mol. The van der Waals surface area contributed by atoms with Gasteiger partial charge in [0.2, 0.25) is 0 Å².